The predicted octanol–water partition coefficient (Wildman–Crippen LogP) is 9.30. The number of hydrogen-bond donors (Lipinski definition) is 1. The van der Waals surface area contributed by atoms with Crippen molar-refractivity contribution in [3.05, 3.63) is 120 Å². The average Bonchev–Trinajstić information content (AvgIpc) is 3.37. The second-order valence-electron chi connectivity index (χ2n) is 9.92. The minimum Gasteiger partial charge on any atom is -0.455 e. The highest BCUT2D eigenvalue weighted by Crippen LogP contribution is 2.49. The molecule has 0 unspecified atom stereocenters. The molecule has 35 heavy (non-hydrogen) atoms. The van der Waals surface area contributed by atoms with Gasteiger partial charge in [-0.3, -0.25) is 0 Å². The second-order valence-corrected chi connectivity index (χ2v) is 9.92. The molecule has 5 aromatic carbocycles. The molecule has 0 atom stereocenters. The molecule has 0 radical (unpaired) electrons. The van der Waals surface area contributed by atoms with E-state index in [4.69, 9.17) is 4.42 Å². The molecular formula is C33H25NO. The zero-order valence-corrected chi connectivity index (χ0v) is 19.8. The maximum absolute atomic E-state index is 6.28. The predicted molar refractivity (Wildman–Crippen MR) is 146 cm³/mol. The number of benzene rings is 5. The molecule has 2 heteroatoms. The van der Waals surface area contributed by atoms with Crippen LogP contribution in [0.1, 0.15) is 25.0 Å². The lowest BCUT2D eigenvalue weighted by Crippen LogP contribution is -2.15. The smallest absolute Gasteiger partial charge is 0.143 e. The summed E-state index contributed by atoms with van der Waals surface area (Å²) >= 11 is 0. The molecule has 0 bridgehead atoms. The third-order valence-electron chi connectivity index (χ3n) is 7.45. The Labute approximate surface area is 204 Å². The lowest BCUT2D eigenvalue weighted by Gasteiger charge is -2.22. The van der Waals surface area contributed by atoms with Gasteiger partial charge >= 0.3 is 0 Å². The molecule has 0 fully saturated rings. The maximum atomic E-state index is 6.28. The van der Waals surface area contributed by atoms with E-state index in [9.17, 15) is 0 Å². The largest absolute Gasteiger partial charge is 0.455 e. The first kappa shape index (κ1) is 20.1. The standard InChI is InChI=1S/C33H25NO/c1-33(2)29-15-5-3-11-25(29)26-18-17-23(20-30(26)33)34-22-10-7-9-21(19-22)24-13-8-14-28-27-12-4-6-16-31(27)35-32(24)28/h3-20,34H,1-2H3. The van der Waals surface area contributed by atoms with Crippen molar-refractivity contribution in [1.82, 2.24) is 0 Å². The van der Waals surface area contributed by atoms with Crippen molar-refractivity contribution in [3.8, 4) is 22.3 Å². The van der Waals surface area contributed by atoms with Gasteiger partial charge in [0.25, 0.3) is 0 Å². The summed E-state index contributed by atoms with van der Waals surface area (Å²) in [5.74, 6) is 0. The normalized spacial score (nSPS) is 13.7. The average molecular weight is 452 g/mol. The lowest BCUT2D eigenvalue weighted by atomic mass is 9.82. The Morgan fingerprint density at radius 2 is 1.29 bits per heavy atom. The minimum absolute atomic E-state index is 0.0115. The molecule has 168 valence electrons. The van der Waals surface area contributed by atoms with Gasteiger partial charge in [0.1, 0.15) is 11.2 Å². The van der Waals surface area contributed by atoms with Crippen LogP contribution in [-0.2, 0) is 5.41 Å². The lowest BCUT2D eigenvalue weighted by molar-refractivity contribution is 0.660. The van der Waals surface area contributed by atoms with Gasteiger partial charge in [-0.2, -0.15) is 0 Å². The van der Waals surface area contributed by atoms with E-state index in [0.717, 1.165) is 44.4 Å². The number of para-hydroxylation sites is 2. The molecule has 0 saturated carbocycles. The Kier molecular flexibility index (Phi) is 4.22. The number of fused-ring (bicyclic) bond motifs is 6. The SMILES string of the molecule is CC1(C)c2ccccc2-c2ccc(Nc3cccc(-c4cccc5c4oc4ccccc45)c3)cc21. The maximum Gasteiger partial charge on any atom is 0.143 e. The molecule has 1 N–H and O–H groups in total. The number of nitrogens with one attached hydrogen (secondary N) is 1. The highest BCUT2D eigenvalue weighted by Gasteiger charge is 2.35. The summed E-state index contributed by atoms with van der Waals surface area (Å²) in [5, 5.41) is 5.96. The highest BCUT2D eigenvalue weighted by atomic mass is 16.3. The van der Waals surface area contributed by atoms with Crippen LogP contribution in [0.5, 0.6) is 0 Å². The first-order valence-electron chi connectivity index (χ1n) is 12.1. The molecule has 1 heterocycles. The van der Waals surface area contributed by atoms with Gasteiger partial charge in [0, 0.05) is 33.1 Å². The number of furan rings is 1. The van der Waals surface area contributed by atoms with Crippen molar-refractivity contribution in [1.29, 1.82) is 0 Å². The fourth-order valence-electron chi connectivity index (χ4n) is 5.69. The van der Waals surface area contributed by atoms with E-state index in [-0.39, 0.29) is 5.41 Å². The number of hydrogen-bond acceptors (Lipinski definition) is 2. The van der Waals surface area contributed by atoms with Gasteiger partial charge in [-0.1, -0.05) is 92.7 Å². The topological polar surface area (TPSA) is 25.2 Å². The van der Waals surface area contributed by atoms with Gasteiger partial charge < -0.3 is 9.73 Å². The van der Waals surface area contributed by atoms with Crippen molar-refractivity contribution in [2.24, 2.45) is 0 Å². The van der Waals surface area contributed by atoms with E-state index < -0.39 is 0 Å². The van der Waals surface area contributed by atoms with Gasteiger partial charge in [-0.25, -0.2) is 0 Å². The molecule has 0 amide bonds. The van der Waals surface area contributed by atoms with Gasteiger partial charge in [0.15, 0.2) is 0 Å². The molecule has 0 spiro atoms. The molecule has 2 nitrogen and oxygen atoms in total. The first-order chi connectivity index (χ1) is 17.1. The summed E-state index contributed by atoms with van der Waals surface area (Å²) in [6.07, 6.45) is 0. The molecule has 0 aliphatic heterocycles. The Morgan fingerprint density at radius 1 is 0.571 bits per heavy atom. The summed E-state index contributed by atoms with van der Waals surface area (Å²) in [5.41, 5.74) is 11.7. The van der Waals surface area contributed by atoms with E-state index in [2.05, 4.69) is 116 Å². The van der Waals surface area contributed by atoms with Gasteiger partial charge in [-0.05, 0) is 58.1 Å². The van der Waals surface area contributed by atoms with Crippen LogP contribution in [0.4, 0.5) is 11.4 Å². The van der Waals surface area contributed by atoms with Crippen molar-refractivity contribution < 1.29 is 4.42 Å². The van der Waals surface area contributed by atoms with Crippen LogP contribution in [0, 0.1) is 0 Å². The van der Waals surface area contributed by atoms with Crippen LogP contribution in [0.25, 0.3) is 44.2 Å². The van der Waals surface area contributed by atoms with Crippen molar-refractivity contribution in [3.63, 3.8) is 0 Å². The van der Waals surface area contributed by atoms with Crippen LogP contribution in [0.2, 0.25) is 0 Å². The van der Waals surface area contributed by atoms with Crippen LogP contribution in [0.3, 0.4) is 0 Å². The highest BCUT2D eigenvalue weighted by molar-refractivity contribution is 6.09. The molecule has 1 aliphatic carbocycles. The first-order valence-corrected chi connectivity index (χ1v) is 12.1. The van der Waals surface area contributed by atoms with Crippen LogP contribution in [0.15, 0.2) is 114 Å². The Hall–Kier alpha value is -4.30. The Balaban J connectivity index is 1.27. The fourth-order valence-corrected chi connectivity index (χ4v) is 5.69. The Bertz CT molecular complexity index is 1750. The van der Waals surface area contributed by atoms with Crippen LogP contribution < -0.4 is 5.32 Å². The summed E-state index contributed by atoms with van der Waals surface area (Å²) in [6.45, 7) is 4.63. The molecule has 0 saturated heterocycles. The van der Waals surface area contributed by atoms with E-state index >= 15 is 0 Å². The van der Waals surface area contributed by atoms with E-state index in [0.29, 0.717) is 0 Å². The zero-order chi connectivity index (χ0) is 23.6. The molecule has 1 aromatic heterocycles. The molecule has 6 aromatic rings. The Morgan fingerprint density at radius 3 is 2.23 bits per heavy atom. The quantitative estimate of drug-likeness (QED) is 0.290. The fraction of sp³-hybridized carbons (Fsp3) is 0.0909. The van der Waals surface area contributed by atoms with Crippen LogP contribution >= 0.6 is 0 Å². The summed E-state index contributed by atoms with van der Waals surface area (Å²) in [7, 11) is 0. The van der Waals surface area contributed by atoms with E-state index in [1.807, 2.05) is 12.1 Å². The van der Waals surface area contributed by atoms with E-state index in [1.165, 1.54) is 22.3 Å². The second kappa shape index (κ2) is 7.35. The number of anilines is 2. The van der Waals surface area contributed by atoms with Crippen molar-refractivity contribution in [2.75, 3.05) is 5.32 Å². The summed E-state index contributed by atoms with van der Waals surface area (Å²) in [6, 6.07) is 38.7. The van der Waals surface area contributed by atoms with Crippen molar-refractivity contribution in [2.45, 2.75) is 19.3 Å². The van der Waals surface area contributed by atoms with Gasteiger partial charge in [0.05, 0.1) is 0 Å². The molecule has 7 rings (SSSR count). The van der Waals surface area contributed by atoms with Gasteiger partial charge in [-0.15, -0.1) is 0 Å². The molecule has 1 aliphatic rings. The minimum atomic E-state index is -0.0115. The van der Waals surface area contributed by atoms with Crippen LogP contribution in [-0.4, -0.2) is 0 Å². The van der Waals surface area contributed by atoms with Crippen molar-refractivity contribution >= 4 is 33.3 Å². The third kappa shape index (κ3) is 3.03. The van der Waals surface area contributed by atoms with Gasteiger partial charge in [0.2, 0.25) is 0 Å². The number of rotatable bonds is 3. The monoisotopic (exact) mass is 451 g/mol. The molecular weight excluding hydrogens is 426 g/mol. The zero-order valence-electron chi connectivity index (χ0n) is 19.8. The summed E-state index contributed by atoms with van der Waals surface area (Å²) in [4.78, 5) is 0. The third-order valence-corrected chi connectivity index (χ3v) is 7.45. The van der Waals surface area contributed by atoms with E-state index in [1.54, 1.807) is 0 Å². The summed E-state index contributed by atoms with van der Waals surface area (Å²) < 4.78 is 6.28.